The molecule has 0 saturated carbocycles. The van der Waals surface area contributed by atoms with Crippen LogP contribution in [-0.4, -0.2) is 61.6 Å². The van der Waals surface area contributed by atoms with Crippen molar-refractivity contribution < 1.29 is 13.2 Å². The Morgan fingerprint density at radius 2 is 2.09 bits per heavy atom. The summed E-state index contributed by atoms with van der Waals surface area (Å²) in [6.07, 6.45) is 3.46. The maximum Gasteiger partial charge on any atom is 0.317 e. The lowest BCUT2D eigenvalue weighted by atomic mass is 10.2. The van der Waals surface area contributed by atoms with Crippen molar-refractivity contribution in [1.29, 1.82) is 0 Å². The Morgan fingerprint density at radius 3 is 2.61 bits per heavy atom. The second kappa shape index (κ2) is 8.83. The van der Waals surface area contributed by atoms with E-state index in [1.807, 2.05) is 25.1 Å². The van der Waals surface area contributed by atoms with Gasteiger partial charge in [0, 0.05) is 32.9 Å². The highest BCUT2D eigenvalue weighted by Crippen LogP contribution is 2.15. The van der Waals surface area contributed by atoms with Gasteiger partial charge in [0.2, 0.25) is 10.0 Å². The molecule has 8 heteroatoms. The molecule has 1 aromatic heterocycles. The molecule has 0 spiro atoms. The van der Waals surface area contributed by atoms with Crippen molar-refractivity contribution >= 4 is 16.1 Å². The number of urea groups is 1. The predicted molar refractivity (Wildman–Crippen MR) is 90.5 cm³/mol. The van der Waals surface area contributed by atoms with Crippen LogP contribution in [0, 0.1) is 0 Å². The van der Waals surface area contributed by atoms with Crippen LogP contribution in [0.15, 0.2) is 24.4 Å². The lowest BCUT2D eigenvalue weighted by molar-refractivity contribution is 0.193. The van der Waals surface area contributed by atoms with Crippen molar-refractivity contribution in [3.05, 3.63) is 30.1 Å². The van der Waals surface area contributed by atoms with E-state index in [1.54, 1.807) is 25.1 Å². The first-order valence-electron chi connectivity index (χ1n) is 7.64. The molecule has 7 nitrogen and oxygen atoms in total. The standard InChI is InChI=1S/C15H26N4O3S/c1-5-19(23(4,21)22)12-8-11-17-15(20)18(3)13(2)14-9-6-7-10-16-14/h6-7,9-10,13H,5,8,11-12H2,1-4H3,(H,17,20). The number of hydrogen-bond donors (Lipinski definition) is 1. The Morgan fingerprint density at radius 1 is 1.39 bits per heavy atom. The van der Waals surface area contributed by atoms with E-state index in [2.05, 4.69) is 10.3 Å². The van der Waals surface area contributed by atoms with Crippen LogP contribution < -0.4 is 5.32 Å². The highest BCUT2D eigenvalue weighted by atomic mass is 32.2. The molecule has 1 aromatic rings. The minimum atomic E-state index is -3.18. The topological polar surface area (TPSA) is 82.6 Å². The van der Waals surface area contributed by atoms with Gasteiger partial charge in [-0.25, -0.2) is 17.5 Å². The van der Waals surface area contributed by atoms with Crippen molar-refractivity contribution in [2.24, 2.45) is 0 Å². The van der Waals surface area contributed by atoms with E-state index in [0.717, 1.165) is 5.69 Å². The third-order valence-electron chi connectivity index (χ3n) is 3.70. The predicted octanol–water partition coefficient (Wildman–Crippen LogP) is 1.46. The molecule has 0 saturated heterocycles. The summed E-state index contributed by atoms with van der Waals surface area (Å²) >= 11 is 0. The molecule has 0 fully saturated rings. The number of pyridine rings is 1. The van der Waals surface area contributed by atoms with Crippen LogP contribution in [0.5, 0.6) is 0 Å². The van der Waals surface area contributed by atoms with Gasteiger partial charge in [0.05, 0.1) is 18.0 Å². The molecule has 130 valence electrons. The van der Waals surface area contributed by atoms with Gasteiger partial charge in [-0.2, -0.15) is 0 Å². The van der Waals surface area contributed by atoms with Crippen LogP contribution in [0.1, 0.15) is 32.0 Å². The normalized spacial score (nSPS) is 12.9. The number of aromatic nitrogens is 1. The molecule has 1 heterocycles. The number of nitrogens with one attached hydrogen (secondary N) is 1. The second-order valence-corrected chi connectivity index (χ2v) is 7.36. The minimum Gasteiger partial charge on any atom is -0.338 e. The van der Waals surface area contributed by atoms with Gasteiger partial charge in [0.15, 0.2) is 0 Å². The summed E-state index contributed by atoms with van der Waals surface area (Å²) < 4.78 is 24.3. The zero-order chi connectivity index (χ0) is 17.5. The Hall–Kier alpha value is -1.67. The van der Waals surface area contributed by atoms with E-state index in [0.29, 0.717) is 26.1 Å². The largest absolute Gasteiger partial charge is 0.338 e. The third kappa shape index (κ3) is 6.15. The SMILES string of the molecule is CCN(CCCNC(=O)N(C)C(C)c1ccccn1)S(C)(=O)=O. The van der Waals surface area contributed by atoms with Crippen molar-refractivity contribution in [3.63, 3.8) is 0 Å². The molecule has 1 unspecified atom stereocenters. The number of carbonyl (C=O) groups excluding carboxylic acids is 1. The van der Waals surface area contributed by atoms with Gasteiger partial charge >= 0.3 is 6.03 Å². The number of amides is 2. The molecule has 1 N–H and O–H groups in total. The summed E-state index contributed by atoms with van der Waals surface area (Å²) in [6, 6.07) is 5.25. The molecule has 1 rings (SSSR count). The summed E-state index contributed by atoms with van der Waals surface area (Å²) in [4.78, 5) is 17.9. The number of sulfonamides is 1. The van der Waals surface area contributed by atoms with Crippen LogP contribution in [-0.2, 0) is 10.0 Å². The van der Waals surface area contributed by atoms with Crippen LogP contribution in [0.25, 0.3) is 0 Å². The van der Waals surface area contributed by atoms with Gasteiger partial charge in [0.1, 0.15) is 0 Å². The fourth-order valence-corrected chi connectivity index (χ4v) is 3.06. The van der Waals surface area contributed by atoms with Crippen LogP contribution in [0.2, 0.25) is 0 Å². The van der Waals surface area contributed by atoms with E-state index >= 15 is 0 Å². The number of nitrogens with zero attached hydrogens (tertiary/aromatic N) is 3. The van der Waals surface area contributed by atoms with Gasteiger partial charge in [0.25, 0.3) is 0 Å². The average molecular weight is 342 g/mol. The molecule has 0 bridgehead atoms. The van der Waals surface area contributed by atoms with Crippen LogP contribution >= 0.6 is 0 Å². The molecule has 0 aliphatic carbocycles. The summed E-state index contributed by atoms with van der Waals surface area (Å²) in [5.41, 5.74) is 0.819. The van der Waals surface area contributed by atoms with E-state index in [1.165, 1.54) is 10.6 Å². The first-order valence-corrected chi connectivity index (χ1v) is 9.49. The van der Waals surface area contributed by atoms with Crippen molar-refractivity contribution in [2.45, 2.75) is 26.3 Å². The van der Waals surface area contributed by atoms with Gasteiger partial charge in [-0.15, -0.1) is 0 Å². The molecule has 0 radical (unpaired) electrons. The molecule has 0 aliphatic heterocycles. The van der Waals surface area contributed by atoms with Gasteiger partial charge < -0.3 is 10.2 Å². The molecule has 0 aliphatic rings. The van der Waals surface area contributed by atoms with E-state index < -0.39 is 10.0 Å². The Kier molecular flexibility index (Phi) is 7.44. The smallest absolute Gasteiger partial charge is 0.317 e. The Bertz CT molecular complexity index is 592. The van der Waals surface area contributed by atoms with Gasteiger partial charge in [-0.05, 0) is 25.5 Å². The first kappa shape index (κ1) is 19.4. The lowest BCUT2D eigenvalue weighted by Gasteiger charge is -2.25. The lowest BCUT2D eigenvalue weighted by Crippen LogP contribution is -2.40. The molecule has 2 amide bonds. The third-order valence-corrected chi connectivity index (χ3v) is 5.08. The molecule has 1 atom stereocenters. The number of rotatable bonds is 8. The Labute approximate surface area is 138 Å². The fourth-order valence-electron chi connectivity index (χ4n) is 2.13. The van der Waals surface area contributed by atoms with Gasteiger partial charge in [-0.3, -0.25) is 4.98 Å². The van der Waals surface area contributed by atoms with E-state index in [4.69, 9.17) is 0 Å². The minimum absolute atomic E-state index is 0.139. The molecule has 23 heavy (non-hydrogen) atoms. The molecular formula is C15H26N4O3S. The number of carbonyl (C=O) groups is 1. The maximum absolute atomic E-state index is 12.1. The highest BCUT2D eigenvalue weighted by Gasteiger charge is 2.18. The average Bonchev–Trinajstić information content (AvgIpc) is 2.52. The van der Waals surface area contributed by atoms with Crippen LogP contribution in [0.4, 0.5) is 4.79 Å². The second-order valence-electron chi connectivity index (χ2n) is 5.38. The summed E-state index contributed by atoms with van der Waals surface area (Å²) in [6.45, 7) is 4.95. The summed E-state index contributed by atoms with van der Waals surface area (Å²) in [7, 11) is -1.47. The fraction of sp³-hybridized carbons (Fsp3) is 0.600. The number of hydrogen-bond acceptors (Lipinski definition) is 4. The maximum atomic E-state index is 12.1. The molecule has 0 aromatic carbocycles. The van der Waals surface area contributed by atoms with Crippen molar-refractivity contribution in [2.75, 3.05) is 32.9 Å². The van der Waals surface area contributed by atoms with Crippen molar-refractivity contribution in [1.82, 2.24) is 19.5 Å². The zero-order valence-electron chi connectivity index (χ0n) is 14.2. The summed E-state index contributed by atoms with van der Waals surface area (Å²) in [5, 5.41) is 2.80. The Balaban J connectivity index is 2.42. The highest BCUT2D eigenvalue weighted by molar-refractivity contribution is 7.88. The van der Waals surface area contributed by atoms with Crippen molar-refractivity contribution in [3.8, 4) is 0 Å². The van der Waals surface area contributed by atoms with Gasteiger partial charge in [-0.1, -0.05) is 13.0 Å². The zero-order valence-corrected chi connectivity index (χ0v) is 15.0. The van der Waals surface area contributed by atoms with E-state index in [9.17, 15) is 13.2 Å². The van der Waals surface area contributed by atoms with E-state index in [-0.39, 0.29) is 12.1 Å². The summed E-state index contributed by atoms with van der Waals surface area (Å²) in [5.74, 6) is 0. The monoisotopic (exact) mass is 342 g/mol. The van der Waals surface area contributed by atoms with Crippen LogP contribution in [0.3, 0.4) is 0 Å². The quantitative estimate of drug-likeness (QED) is 0.725. The molecular weight excluding hydrogens is 316 g/mol. The first-order chi connectivity index (χ1) is 10.8.